The van der Waals surface area contributed by atoms with Crippen LogP contribution in [0.3, 0.4) is 0 Å². The van der Waals surface area contributed by atoms with Crippen LogP contribution in [0, 0.1) is 11.6 Å². The lowest BCUT2D eigenvalue weighted by atomic mass is 10.1. The molecule has 2 rings (SSSR count). The van der Waals surface area contributed by atoms with E-state index < -0.39 is 11.6 Å². The Morgan fingerprint density at radius 2 is 2.00 bits per heavy atom. The Hall–Kier alpha value is -1.00. The molecule has 1 aliphatic heterocycles. The van der Waals surface area contributed by atoms with E-state index in [1.54, 1.807) is 12.1 Å². The fraction of sp³-hybridized carbons (Fsp3) is 0.600. The Kier molecular flexibility index (Phi) is 5.28. The normalized spacial score (nSPS) is 17.8. The summed E-state index contributed by atoms with van der Waals surface area (Å²) in [5.41, 5.74) is 0.404. The molecule has 0 spiro atoms. The molecule has 1 unspecified atom stereocenters. The summed E-state index contributed by atoms with van der Waals surface area (Å²) in [7, 11) is 0. The monoisotopic (exact) mass is 268 g/mol. The van der Waals surface area contributed by atoms with Crippen LogP contribution in [0.5, 0.6) is 0 Å². The first kappa shape index (κ1) is 14.4. The van der Waals surface area contributed by atoms with Gasteiger partial charge < -0.3 is 10.2 Å². The van der Waals surface area contributed by atoms with Crippen molar-refractivity contribution in [2.45, 2.75) is 32.2 Å². The standard InChI is InChI=1S/C15H22F2N2/c1-12(13-6-4-7-14(16)15(13)17)18-8-5-11-19-9-2-3-10-19/h4,6-7,12,18H,2-3,5,8-11H2,1H3. The van der Waals surface area contributed by atoms with E-state index in [0.29, 0.717) is 5.56 Å². The summed E-state index contributed by atoms with van der Waals surface area (Å²) in [6.07, 6.45) is 3.65. The summed E-state index contributed by atoms with van der Waals surface area (Å²) in [5, 5.41) is 3.26. The molecule has 1 atom stereocenters. The minimum absolute atomic E-state index is 0.158. The lowest BCUT2D eigenvalue weighted by Gasteiger charge is -2.17. The maximum absolute atomic E-state index is 13.6. The second-order valence-electron chi connectivity index (χ2n) is 5.22. The van der Waals surface area contributed by atoms with Crippen molar-refractivity contribution in [3.05, 3.63) is 35.4 Å². The molecular formula is C15H22F2N2. The number of benzene rings is 1. The van der Waals surface area contributed by atoms with Gasteiger partial charge in [0, 0.05) is 11.6 Å². The molecule has 0 aromatic heterocycles. The van der Waals surface area contributed by atoms with Gasteiger partial charge in [-0.1, -0.05) is 12.1 Å². The molecule has 1 saturated heterocycles. The molecule has 1 aliphatic rings. The summed E-state index contributed by atoms with van der Waals surface area (Å²) in [6.45, 7) is 6.19. The predicted octanol–water partition coefficient (Wildman–Crippen LogP) is 3.10. The van der Waals surface area contributed by atoms with E-state index in [0.717, 1.165) is 25.6 Å². The first-order valence-electron chi connectivity index (χ1n) is 7.08. The minimum atomic E-state index is -0.775. The highest BCUT2D eigenvalue weighted by Gasteiger charge is 2.14. The van der Waals surface area contributed by atoms with Crippen LogP contribution < -0.4 is 5.32 Å². The summed E-state index contributed by atoms with van der Waals surface area (Å²) < 4.78 is 26.7. The van der Waals surface area contributed by atoms with Crippen LogP contribution in [0.1, 0.15) is 37.8 Å². The molecule has 0 radical (unpaired) electrons. The molecule has 1 aromatic rings. The van der Waals surface area contributed by atoms with Crippen molar-refractivity contribution < 1.29 is 8.78 Å². The zero-order valence-corrected chi connectivity index (χ0v) is 11.5. The second kappa shape index (κ2) is 6.96. The molecule has 0 saturated carbocycles. The molecule has 1 fully saturated rings. The van der Waals surface area contributed by atoms with E-state index in [1.165, 1.54) is 25.9 Å². The first-order valence-corrected chi connectivity index (χ1v) is 7.08. The maximum Gasteiger partial charge on any atom is 0.163 e. The van der Waals surface area contributed by atoms with Crippen LogP contribution >= 0.6 is 0 Å². The fourth-order valence-corrected chi connectivity index (χ4v) is 2.59. The SMILES string of the molecule is CC(NCCCN1CCCC1)c1cccc(F)c1F. The first-order chi connectivity index (χ1) is 9.18. The summed E-state index contributed by atoms with van der Waals surface area (Å²) in [5.74, 6) is -1.51. The molecule has 0 bridgehead atoms. The van der Waals surface area contributed by atoms with Crippen molar-refractivity contribution in [2.75, 3.05) is 26.2 Å². The largest absolute Gasteiger partial charge is 0.310 e. The maximum atomic E-state index is 13.6. The molecular weight excluding hydrogens is 246 g/mol. The van der Waals surface area contributed by atoms with Crippen LogP contribution in [-0.4, -0.2) is 31.1 Å². The van der Waals surface area contributed by atoms with Crippen molar-refractivity contribution in [2.24, 2.45) is 0 Å². The van der Waals surface area contributed by atoms with Gasteiger partial charge in [-0.2, -0.15) is 0 Å². The van der Waals surface area contributed by atoms with Crippen molar-refractivity contribution in [3.63, 3.8) is 0 Å². The lowest BCUT2D eigenvalue weighted by molar-refractivity contribution is 0.328. The lowest BCUT2D eigenvalue weighted by Crippen LogP contribution is -2.26. The van der Waals surface area contributed by atoms with E-state index in [9.17, 15) is 8.78 Å². The molecule has 1 aromatic carbocycles. The van der Waals surface area contributed by atoms with Gasteiger partial charge in [0.25, 0.3) is 0 Å². The molecule has 1 N–H and O–H groups in total. The van der Waals surface area contributed by atoms with Gasteiger partial charge in [-0.3, -0.25) is 0 Å². The topological polar surface area (TPSA) is 15.3 Å². The number of hydrogen-bond donors (Lipinski definition) is 1. The molecule has 1 heterocycles. The van der Waals surface area contributed by atoms with Crippen LogP contribution in [-0.2, 0) is 0 Å². The van der Waals surface area contributed by atoms with E-state index in [2.05, 4.69) is 10.2 Å². The van der Waals surface area contributed by atoms with Crippen molar-refractivity contribution in [1.82, 2.24) is 10.2 Å². The van der Waals surface area contributed by atoms with Gasteiger partial charge >= 0.3 is 0 Å². The third-order valence-corrected chi connectivity index (χ3v) is 3.75. The van der Waals surface area contributed by atoms with Gasteiger partial charge in [-0.05, 0) is 58.4 Å². The smallest absolute Gasteiger partial charge is 0.163 e. The van der Waals surface area contributed by atoms with E-state index >= 15 is 0 Å². The number of nitrogens with zero attached hydrogens (tertiary/aromatic N) is 1. The number of nitrogens with one attached hydrogen (secondary N) is 1. The van der Waals surface area contributed by atoms with Gasteiger partial charge in [-0.25, -0.2) is 8.78 Å². The Balaban J connectivity index is 1.74. The molecule has 0 aliphatic carbocycles. The second-order valence-corrected chi connectivity index (χ2v) is 5.22. The van der Waals surface area contributed by atoms with Crippen LogP contribution in [0.15, 0.2) is 18.2 Å². The quantitative estimate of drug-likeness (QED) is 0.798. The number of rotatable bonds is 6. The van der Waals surface area contributed by atoms with Gasteiger partial charge in [0.05, 0.1) is 0 Å². The molecule has 0 amide bonds. The fourth-order valence-electron chi connectivity index (χ4n) is 2.59. The van der Waals surface area contributed by atoms with Gasteiger partial charge in [0.15, 0.2) is 11.6 Å². The highest BCUT2D eigenvalue weighted by atomic mass is 19.2. The van der Waals surface area contributed by atoms with E-state index in [-0.39, 0.29) is 6.04 Å². The molecule has 2 nitrogen and oxygen atoms in total. The average molecular weight is 268 g/mol. The van der Waals surface area contributed by atoms with E-state index in [1.807, 2.05) is 6.92 Å². The van der Waals surface area contributed by atoms with Gasteiger partial charge in [0.1, 0.15) is 0 Å². The summed E-state index contributed by atoms with van der Waals surface area (Å²) in [6, 6.07) is 4.18. The highest BCUT2D eigenvalue weighted by Crippen LogP contribution is 2.18. The molecule has 19 heavy (non-hydrogen) atoms. The van der Waals surface area contributed by atoms with Gasteiger partial charge in [0.2, 0.25) is 0 Å². The number of halogens is 2. The Morgan fingerprint density at radius 1 is 1.26 bits per heavy atom. The third-order valence-electron chi connectivity index (χ3n) is 3.75. The zero-order valence-electron chi connectivity index (χ0n) is 11.5. The Labute approximate surface area is 113 Å². The molecule has 4 heteroatoms. The minimum Gasteiger partial charge on any atom is -0.310 e. The van der Waals surface area contributed by atoms with Crippen molar-refractivity contribution in [3.8, 4) is 0 Å². The molecule has 106 valence electrons. The summed E-state index contributed by atoms with van der Waals surface area (Å²) >= 11 is 0. The number of likely N-dealkylation sites (tertiary alicyclic amines) is 1. The van der Waals surface area contributed by atoms with Crippen LogP contribution in [0.25, 0.3) is 0 Å². The predicted molar refractivity (Wildman–Crippen MR) is 73.1 cm³/mol. The van der Waals surface area contributed by atoms with Crippen LogP contribution in [0.4, 0.5) is 8.78 Å². The van der Waals surface area contributed by atoms with Crippen molar-refractivity contribution >= 4 is 0 Å². The average Bonchev–Trinajstić information content (AvgIpc) is 2.91. The number of hydrogen-bond acceptors (Lipinski definition) is 2. The third kappa shape index (κ3) is 3.98. The Morgan fingerprint density at radius 3 is 2.74 bits per heavy atom. The Bertz CT molecular complexity index is 403. The van der Waals surface area contributed by atoms with Crippen LogP contribution in [0.2, 0.25) is 0 Å². The van der Waals surface area contributed by atoms with Crippen molar-refractivity contribution in [1.29, 1.82) is 0 Å². The highest BCUT2D eigenvalue weighted by molar-refractivity contribution is 5.21. The zero-order chi connectivity index (χ0) is 13.7. The van der Waals surface area contributed by atoms with E-state index in [4.69, 9.17) is 0 Å². The van der Waals surface area contributed by atoms with Gasteiger partial charge in [-0.15, -0.1) is 0 Å². The summed E-state index contributed by atoms with van der Waals surface area (Å²) in [4.78, 5) is 2.45.